The van der Waals surface area contributed by atoms with Crippen LogP contribution in [-0.4, -0.2) is 29.8 Å². The Labute approximate surface area is 127 Å². The van der Waals surface area contributed by atoms with Gasteiger partial charge in [-0.25, -0.2) is 0 Å². The van der Waals surface area contributed by atoms with Gasteiger partial charge in [-0.2, -0.15) is 0 Å². The number of carbonyl (C=O) groups excluding carboxylic acids is 1. The maximum atomic E-state index is 11.7. The number of benzene rings is 1. The fourth-order valence-corrected chi connectivity index (χ4v) is 2.34. The fraction of sp³-hybridized carbons (Fsp3) is 0.357. The zero-order valence-electron chi connectivity index (χ0n) is 12.0. The van der Waals surface area contributed by atoms with Crippen LogP contribution >= 0.6 is 11.3 Å². The first-order valence-electron chi connectivity index (χ1n) is 6.54. The first kappa shape index (κ1) is 15.4. The highest BCUT2D eigenvalue weighted by molar-refractivity contribution is 7.15. The quantitative estimate of drug-likeness (QED) is 0.849. The van der Waals surface area contributed by atoms with E-state index in [1.54, 1.807) is 7.11 Å². The Morgan fingerprint density at radius 3 is 2.71 bits per heavy atom. The Morgan fingerprint density at radius 2 is 2.05 bits per heavy atom. The lowest BCUT2D eigenvalue weighted by Gasteiger charge is -2.06. The molecule has 112 valence electrons. The molecule has 2 rings (SSSR count). The topological polar surface area (TPSA) is 73.3 Å². The number of nitrogens with one attached hydrogen (secondary N) is 1. The van der Waals surface area contributed by atoms with Crippen molar-refractivity contribution < 1.29 is 14.3 Å². The average Bonchev–Trinajstić information content (AvgIpc) is 2.93. The highest BCUT2D eigenvalue weighted by Crippen LogP contribution is 2.16. The number of methoxy groups -OCH3 is 1. The Morgan fingerprint density at radius 1 is 1.29 bits per heavy atom. The SMILES string of the molecule is CCc1ccc(OCC(=O)Nc2nnc(COC)s2)cc1. The van der Waals surface area contributed by atoms with E-state index in [9.17, 15) is 4.79 Å². The molecule has 7 heteroatoms. The van der Waals surface area contributed by atoms with Crippen molar-refractivity contribution in [3.05, 3.63) is 34.8 Å². The van der Waals surface area contributed by atoms with Gasteiger partial charge in [0.15, 0.2) is 6.61 Å². The van der Waals surface area contributed by atoms with E-state index in [1.807, 2.05) is 24.3 Å². The highest BCUT2D eigenvalue weighted by atomic mass is 32.1. The van der Waals surface area contributed by atoms with E-state index in [-0.39, 0.29) is 12.5 Å². The molecule has 1 aromatic carbocycles. The molecular weight excluding hydrogens is 290 g/mol. The van der Waals surface area contributed by atoms with Crippen molar-refractivity contribution in [2.45, 2.75) is 20.0 Å². The number of carbonyl (C=O) groups is 1. The molecule has 1 aromatic heterocycles. The zero-order valence-corrected chi connectivity index (χ0v) is 12.8. The van der Waals surface area contributed by atoms with E-state index < -0.39 is 0 Å². The number of amides is 1. The van der Waals surface area contributed by atoms with E-state index in [4.69, 9.17) is 9.47 Å². The summed E-state index contributed by atoms with van der Waals surface area (Å²) < 4.78 is 10.4. The molecule has 6 nitrogen and oxygen atoms in total. The molecule has 0 spiro atoms. The number of hydrogen-bond donors (Lipinski definition) is 1. The molecule has 0 fully saturated rings. The minimum atomic E-state index is -0.269. The minimum absolute atomic E-state index is 0.0648. The number of ether oxygens (including phenoxy) is 2. The number of aryl methyl sites for hydroxylation is 1. The first-order chi connectivity index (χ1) is 10.2. The van der Waals surface area contributed by atoms with Crippen molar-refractivity contribution in [2.75, 3.05) is 19.0 Å². The number of hydrogen-bond acceptors (Lipinski definition) is 6. The van der Waals surface area contributed by atoms with Crippen molar-refractivity contribution in [3.8, 4) is 5.75 Å². The largest absolute Gasteiger partial charge is 0.484 e. The molecule has 21 heavy (non-hydrogen) atoms. The lowest BCUT2D eigenvalue weighted by atomic mass is 10.2. The van der Waals surface area contributed by atoms with Gasteiger partial charge in [0.1, 0.15) is 17.4 Å². The van der Waals surface area contributed by atoms with Gasteiger partial charge < -0.3 is 9.47 Å². The van der Waals surface area contributed by atoms with Crippen LogP contribution in [0.25, 0.3) is 0 Å². The maximum absolute atomic E-state index is 11.7. The van der Waals surface area contributed by atoms with Crippen molar-refractivity contribution >= 4 is 22.4 Å². The second-order valence-corrected chi connectivity index (χ2v) is 5.33. The van der Waals surface area contributed by atoms with Crippen LogP contribution in [0.2, 0.25) is 0 Å². The molecule has 1 heterocycles. The van der Waals surface area contributed by atoms with Crippen LogP contribution in [0.1, 0.15) is 17.5 Å². The summed E-state index contributed by atoms with van der Waals surface area (Å²) in [4.78, 5) is 11.7. The van der Waals surface area contributed by atoms with Crippen LogP contribution in [0.5, 0.6) is 5.75 Å². The molecule has 0 aliphatic heterocycles. The predicted molar refractivity (Wildman–Crippen MR) is 80.6 cm³/mol. The summed E-state index contributed by atoms with van der Waals surface area (Å²) >= 11 is 1.28. The van der Waals surface area contributed by atoms with Crippen LogP contribution in [0, 0.1) is 0 Å². The molecule has 0 saturated heterocycles. The van der Waals surface area contributed by atoms with Crippen LogP contribution in [-0.2, 0) is 22.6 Å². The molecule has 0 aliphatic carbocycles. The molecular formula is C14H17N3O3S. The standard InChI is InChI=1S/C14H17N3O3S/c1-3-10-4-6-11(7-5-10)20-8-12(18)15-14-17-16-13(21-14)9-19-2/h4-7H,3,8-9H2,1-2H3,(H,15,17,18). The van der Waals surface area contributed by atoms with Gasteiger partial charge >= 0.3 is 0 Å². The van der Waals surface area contributed by atoms with Crippen LogP contribution in [0.15, 0.2) is 24.3 Å². The van der Waals surface area contributed by atoms with Crippen LogP contribution < -0.4 is 10.1 Å². The van der Waals surface area contributed by atoms with E-state index in [2.05, 4.69) is 22.4 Å². The molecule has 0 aliphatic rings. The Bertz CT molecular complexity index is 583. The lowest BCUT2D eigenvalue weighted by Crippen LogP contribution is -2.20. The van der Waals surface area contributed by atoms with E-state index in [1.165, 1.54) is 16.9 Å². The number of rotatable bonds is 7. The molecule has 2 aromatic rings. The van der Waals surface area contributed by atoms with Crippen LogP contribution in [0.3, 0.4) is 0 Å². The molecule has 0 saturated carbocycles. The Hall–Kier alpha value is -1.99. The van der Waals surface area contributed by atoms with Gasteiger partial charge in [-0.15, -0.1) is 10.2 Å². The van der Waals surface area contributed by atoms with Gasteiger partial charge in [0.2, 0.25) is 5.13 Å². The van der Waals surface area contributed by atoms with Crippen molar-refractivity contribution in [3.63, 3.8) is 0 Å². The fourth-order valence-electron chi connectivity index (χ4n) is 1.61. The van der Waals surface area contributed by atoms with Crippen LogP contribution in [0.4, 0.5) is 5.13 Å². The summed E-state index contributed by atoms with van der Waals surface area (Å²) in [5.41, 5.74) is 1.23. The average molecular weight is 307 g/mol. The van der Waals surface area contributed by atoms with E-state index >= 15 is 0 Å². The normalized spacial score (nSPS) is 10.4. The predicted octanol–water partition coefficient (Wildman–Crippen LogP) is 2.26. The smallest absolute Gasteiger partial charge is 0.264 e. The molecule has 1 amide bonds. The summed E-state index contributed by atoms with van der Waals surface area (Å²) in [5.74, 6) is 0.398. The van der Waals surface area contributed by atoms with Gasteiger partial charge in [0.25, 0.3) is 5.91 Å². The summed E-state index contributed by atoms with van der Waals surface area (Å²) in [6.45, 7) is 2.40. The third kappa shape index (κ3) is 4.80. The van der Waals surface area contributed by atoms with Crippen molar-refractivity contribution in [1.82, 2.24) is 10.2 Å². The Kier molecular flexibility index (Phi) is 5.65. The summed E-state index contributed by atoms with van der Waals surface area (Å²) in [6, 6.07) is 7.67. The monoisotopic (exact) mass is 307 g/mol. The maximum Gasteiger partial charge on any atom is 0.264 e. The molecule has 1 N–H and O–H groups in total. The number of anilines is 1. The third-order valence-electron chi connectivity index (χ3n) is 2.68. The molecule has 0 bridgehead atoms. The van der Waals surface area contributed by atoms with Gasteiger partial charge in [-0.05, 0) is 24.1 Å². The minimum Gasteiger partial charge on any atom is -0.484 e. The van der Waals surface area contributed by atoms with E-state index in [0.717, 1.165) is 6.42 Å². The molecule has 0 atom stereocenters. The van der Waals surface area contributed by atoms with Gasteiger partial charge in [0.05, 0.1) is 0 Å². The van der Waals surface area contributed by atoms with Crippen molar-refractivity contribution in [2.24, 2.45) is 0 Å². The third-order valence-corrected chi connectivity index (χ3v) is 3.49. The first-order valence-corrected chi connectivity index (χ1v) is 7.35. The summed E-state index contributed by atoms with van der Waals surface area (Å²) in [7, 11) is 1.58. The second kappa shape index (κ2) is 7.70. The molecule has 0 radical (unpaired) electrons. The summed E-state index contributed by atoms with van der Waals surface area (Å²) in [6.07, 6.45) is 0.974. The number of aromatic nitrogens is 2. The zero-order chi connectivity index (χ0) is 15.1. The van der Waals surface area contributed by atoms with Gasteiger partial charge in [-0.1, -0.05) is 30.4 Å². The molecule has 0 unspecified atom stereocenters. The van der Waals surface area contributed by atoms with Gasteiger partial charge in [-0.3, -0.25) is 10.1 Å². The summed E-state index contributed by atoms with van der Waals surface area (Å²) in [5, 5.41) is 11.5. The Balaban J connectivity index is 1.80. The lowest BCUT2D eigenvalue weighted by molar-refractivity contribution is -0.118. The highest BCUT2D eigenvalue weighted by Gasteiger charge is 2.08. The van der Waals surface area contributed by atoms with Gasteiger partial charge in [0, 0.05) is 7.11 Å². The van der Waals surface area contributed by atoms with Crippen molar-refractivity contribution in [1.29, 1.82) is 0 Å². The number of nitrogens with zero attached hydrogens (tertiary/aromatic N) is 2. The second-order valence-electron chi connectivity index (χ2n) is 4.27. The van der Waals surface area contributed by atoms with E-state index in [0.29, 0.717) is 22.5 Å².